The number of methoxy groups -OCH3 is 1. The summed E-state index contributed by atoms with van der Waals surface area (Å²) in [6.45, 7) is 1.85. The van der Waals surface area contributed by atoms with Gasteiger partial charge in [-0.3, -0.25) is 0 Å². The fourth-order valence-electron chi connectivity index (χ4n) is 2.04. The highest BCUT2D eigenvalue weighted by Gasteiger charge is 2.37. The first-order valence-corrected chi connectivity index (χ1v) is 5.05. The predicted molar refractivity (Wildman–Crippen MR) is 49.1 cm³/mol. The molecule has 1 N–H and O–H groups in total. The number of halogens is 2. The standard InChI is InChI=1S/C10H18F2O2/c1-7(9(13)14-2)8-3-5-10(11,12)6-4-8/h7-9,13H,3-6H2,1-2H3. The zero-order chi connectivity index (χ0) is 10.8. The number of hydrogen-bond acceptors (Lipinski definition) is 2. The van der Waals surface area contributed by atoms with Crippen LogP contribution in [0.3, 0.4) is 0 Å². The van der Waals surface area contributed by atoms with Crippen molar-refractivity contribution in [1.82, 2.24) is 0 Å². The van der Waals surface area contributed by atoms with E-state index in [1.165, 1.54) is 7.11 Å². The molecule has 2 nitrogen and oxygen atoms in total. The van der Waals surface area contributed by atoms with Crippen molar-refractivity contribution in [3.05, 3.63) is 0 Å². The highest BCUT2D eigenvalue weighted by atomic mass is 19.3. The molecule has 84 valence electrons. The molecule has 2 unspecified atom stereocenters. The first-order chi connectivity index (χ1) is 6.46. The third-order valence-electron chi connectivity index (χ3n) is 3.20. The minimum Gasteiger partial charge on any atom is -0.368 e. The SMILES string of the molecule is COC(O)C(C)C1CCC(F)(F)CC1. The molecule has 0 bridgehead atoms. The number of ether oxygens (including phenoxy) is 1. The lowest BCUT2D eigenvalue weighted by atomic mass is 9.79. The van der Waals surface area contributed by atoms with E-state index in [-0.39, 0.29) is 24.7 Å². The Bertz CT molecular complexity index is 175. The average Bonchev–Trinajstić information content (AvgIpc) is 2.15. The molecule has 0 amide bonds. The number of alkyl halides is 2. The Hall–Kier alpha value is -0.220. The highest BCUT2D eigenvalue weighted by molar-refractivity contribution is 4.80. The molecule has 0 spiro atoms. The lowest BCUT2D eigenvalue weighted by Gasteiger charge is -2.33. The first kappa shape index (κ1) is 11.9. The number of aliphatic hydroxyl groups excluding tert-OH is 1. The molecule has 0 radical (unpaired) electrons. The minimum absolute atomic E-state index is 0.0571. The fraction of sp³-hybridized carbons (Fsp3) is 1.00. The molecule has 1 fully saturated rings. The maximum Gasteiger partial charge on any atom is 0.248 e. The van der Waals surface area contributed by atoms with Crippen molar-refractivity contribution in [3.8, 4) is 0 Å². The van der Waals surface area contributed by atoms with Gasteiger partial charge in [0, 0.05) is 25.9 Å². The van der Waals surface area contributed by atoms with Gasteiger partial charge < -0.3 is 9.84 Å². The molecule has 4 heteroatoms. The summed E-state index contributed by atoms with van der Waals surface area (Å²) in [7, 11) is 1.43. The maximum atomic E-state index is 12.8. The van der Waals surface area contributed by atoms with Crippen molar-refractivity contribution in [2.75, 3.05) is 7.11 Å². The third-order valence-corrected chi connectivity index (χ3v) is 3.20. The van der Waals surface area contributed by atoms with E-state index in [2.05, 4.69) is 0 Å². The number of rotatable bonds is 3. The quantitative estimate of drug-likeness (QED) is 0.722. The Morgan fingerprint density at radius 2 is 1.86 bits per heavy atom. The number of hydrogen-bond donors (Lipinski definition) is 1. The van der Waals surface area contributed by atoms with E-state index in [9.17, 15) is 13.9 Å². The van der Waals surface area contributed by atoms with Gasteiger partial charge in [0.15, 0.2) is 6.29 Å². The molecule has 0 aromatic rings. The molecule has 1 aliphatic carbocycles. The van der Waals surface area contributed by atoms with Crippen LogP contribution < -0.4 is 0 Å². The summed E-state index contributed by atoms with van der Waals surface area (Å²) in [4.78, 5) is 0. The summed E-state index contributed by atoms with van der Waals surface area (Å²) in [5.74, 6) is -2.39. The van der Waals surface area contributed by atoms with Crippen molar-refractivity contribution in [2.45, 2.75) is 44.8 Å². The number of aliphatic hydroxyl groups is 1. The lowest BCUT2D eigenvalue weighted by molar-refractivity contribution is -0.135. The van der Waals surface area contributed by atoms with Gasteiger partial charge >= 0.3 is 0 Å². The Balaban J connectivity index is 2.41. The van der Waals surface area contributed by atoms with E-state index in [0.717, 1.165) is 0 Å². The van der Waals surface area contributed by atoms with Crippen molar-refractivity contribution >= 4 is 0 Å². The van der Waals surface area contributed by atoms with Crippen molar-refractivity contribution in [1.29, 1.82) is 0 Å². The second kappa shape index (κ2) is 4.53. The van der Waals surface area contributed by atoms with Crippen molar-refractivity contribution < 1.29 is 18.6 Å². The summed E-state index contributed by atoms with van der Waals surface area (Å²) < 4.78 is 30.4. The Labute approximate surface area is 83.3 Å². The maximum absolute atomic E-state index is 12.8. The molecule has 1 saturated carbocycles. The zero-order valence-corrected chi connectivity index (χ0v) is 8.67. The monoisotopic (exact) mass is 208 g/mol. The van der Waals surface area contributed by atoms with Gasteiger partial charge in [-0.05, 0) is 18.8 Å². The van der Waals surface area contributed by atoms with Crippen LogP contribution in [0.1, 0.15) is 32.6 Å². The van der Waals surface area contributed by atoms with Crippen molar-refractivity contribution in [2.24, 2.45) is 11.8 Å². The largest absolute Gasteiger partial charge is 0.368 e. The van der Waals surface area contributed by atoms with Gasteiger partial charge in [0.25, 0.3) is 0 Å². The second-order valence-electron chi connectivity index (χ2n) is 4.18. The normalized spacial score (nSPS) is 27.2. The van der Waals surface area contributed by atoms with E-state index < -0.39 is 12.2 Å². The highest BCUT2D eigenvalue weighted by Crippen LogP contribution is 2.39. The minimum atomic E-state index is -2.49. The van der Waals surface area contributed by atoms with Crippen LogP contribution in [0.5, 0.6) is 0 Å². The Morgan fingerprint density at radius 3 is 2.29 bits per heavy atom. The third kappa shape index (κ3) is 2.89. The average molecular weight is 208 g/mol. The van der Waals surface area contributed by atoms with Gasteiger partial charge in [0.2, 0.25) is 5.92 Å². The summed E-state index contributed by atoms with van der Waals surface area (Å²) in [5, 5.41) is 9.40. The molecule has 0 aromatic carbocycles. The predicted octanol–water partition coefficient (Wildman–Crippen LogP) is 2.41. The second-order valence-corrected chi connectivity index (χ2v) is 4.18. The van der Waals surface area contributed by atoms with Crippen LogP contribution in [-0.4, -0.2) is 24.4 Å². The van der Waals surface area contributed by atoms with E-state index in [1.54, 1.807) is 0 Å². The smallest absolute Gasteiger partial charge is 0.248 e. The van der Waals surface area contributed by atoms with Gasteiger partial charge in [-0.1, -0.05) is 6.92 Å². The lowest BCUT2D eigenvalue weighted by Crippen LogP contribution is -2.33. The first-order valence-electron chi connectivity index (χ1n) is 5.05. The summed E-state index contributed by atoms with van der Waals surface area (Å²) in [5.41, 5.74) is 0. The van der Waals surface area contributed by atoms with Crippen LogP contribution in [0.4, 0.5) is 8.78 Å². The molecule has 1 rings (SSSR count). The van der Waals surface area contributed by atoms with Gasteiger partial charge in [-0.25, -0.2) is 8.78 Å². The van der Waals surface area contributed by atoms with Crippen molar-refractivity contribution in [3.63, 3.8) is 0 Å². The van der Waals surface area contributed by atoms with Crippen LogP contribution in [0, 0.1) is 11.8 Å². The summed E-state index contributed by atoms with van der Waals surface area (Å²) in [6, 6.07) is 0. The summed E-state index contributed by atoms with van der Waals surface area (Å²) >= 11 is 0. The molecule has 1 aliphatic rings. The Morgan fingerprint density at radius 1 is 1.36 bits per heavy atom. The van der Waals surface area contributed by atoms with E-state index in [1.807, 2.05) is 6.92 Å². The van der Waals surface area contributed by atoms with Gasteiger partial charge in [-0.2, -0.15) is 0 Å². The van der Waals surface area contributed by atoms with E-state index in [0.29, 0.717) is 12.8 Å². The van der Waals surface area contributed by atoms with Gasteiger partial charge in [0.1, 0.15) is 0 Å². The molecule has 0 aliphatic heterocycles. The zero-order valence-electron chi connectivity index (χ0n) is 8.67. The van der Waals surface area contributed by atoms with E-state index >= 15 is 0 Å². The van der Waals surface area contributed by atoms with Crippen LogP contribution in [-0.2, 0) is 4.74 Å². The van der Waals surface area contributed by atoms with Crippen LogP contribution in [0.15, 0.2) is 0 Å². The Kier molecular flexibility index (Phi) is 3.84. The summed E-state index contributed by atoms with van der Waals surface area (Å²) in [6.07, 6.45) is 0.0202. The fourth-order valence-corrected chi connectivity index (χ4v) is 2.04. The topological polar surface area (TPSA) is 29.5 Å². The molecule has 0 saturated heterocycles. The van der Waals surface area contributed by atoms with Crippen LogP contribution in [0.25, 0.3) is 0 Å². The van der Waals surface area contributed by atoms with Gasteiger partial charge in [0.05, 0.1) is 0 Å². The molecule has 0 aromatic heterocycles. The molecule has 0 heterocycles. The van der Waals surface area contributed by atoms with Crippen LogP contribution in [0.2, 0.25) is 0 Å². The molecular weight excluding hydrogens is 190 g/mol. The van der Waals surface area contributed by atoms with Crippen LogP contribution >= 0.6 is 0 Å². The molecule has 14 heavy (non-hydrogen) atoms. The van der Waals surface area contributed by atoms with E-state index in [4.69, 9.17) is 4.74 Å². The van der Waals surface area contributed by atoms with Gasteiger partial charge in [-0.15, -0.1) is 0 Å². The molecular formula is C10H18F2O2. The molecule has 2 atom stereocenters.